The van der Waals surface area contributed by atoms with E-state index in [-0.39, 0.29) is 18.0 Å². The van der Waals surface area contributed by atoms with Gasteiger partial charge in [0.25, 0.3) is 5.91 Å². The molecule has 0 spiro atoms. The van der Waals surface area contributed by atoms with Crippen LogP contribution in [0.3, 0.4) is 0 Å². The Morgan fingerprint density at radius 1 is 1.48 bits per heavy atom. The van der Waals surface area contributed by atoms with Gasteiger partial charge >= 0.3 is 0 Å². The minimum absolute atomic E-state index is 0.122. The molecule has 0 saturated carbocycles. The number of carbonyl (C=O) groups excluding carboxylic acids is 1. The van der Waals surface area contributed by atoms with Crippen molar-refractivity contribution in [2.75, 3.05) is 20.3 Å². The molecule has 128 valence electrons. The number of halogens is 1. The first-order valence-electron chi connectivity index (χ1n) is 8.11. The van der Waals surface area contributed by atoms with Crippen LogP contribution in [0.2, 0.25) is 5.02 Å². The van der Waals surface area contributed by atoms with Crippen molar-refractivity contribution < 1.29 is 14.3 Å². The van der Waals surface area contributed by atoms with Gasteiger partial charge in [0.2, 0.25) is 0 Å². The number of hydrogen-bond donors (Lipinski definition) is 2. The first-order chi connectivity index (χ1) is 11.1. The highest BCUT2D eigenvalue weighted by molar-refractivity contribution is 6.32. The van der Waals surface area contributed by atoms with Gasteiger partial charge in [0.1, 0.15) is 0 Å². The van der Waals surface area contributed by atoms with Gasteiger partial charge in [-0.1, -0.05) is 18.5 Å². The largest absolute Gasteiger partial charge is 0.493 e. The van der Waals surface area contributed by atoms with Gasteiger partial charge in [-0.15, -0.1) is 0 Å². The third-order valence-electron chi connectivity index (χ3n) is 4.02. The second kappa shape index (κ2) is 8.41. The second-order valence-electron chi connectivity index (χ2n) is 5.80. The van der Waals surface area contributed by atoms with Crippen LogP contribution >= 0.6 is 11.6 Å². The average Bonchev–Trinajstić information content (AvgIpc) is 2.55. The molecule has 6 heteroatoms. The molecular weight excluding hydrogens is 316 g/mol. The Balaban J connectivity index is 2.15. The van der Waals surface area contributed by atoms with E-state index in [1.807, 2.05) is 6.92 Å². The molecule has 2 atom stereocenters. The molecule has 2 unspecified atom stereocenters. The smallest absolute Gasteiger partial charge is 0.251 e. The molecule has 23 heavy (non-hydrogen) atoms. The Kier molecular flexibility index (Phi) is 6.54. The number of methoxy groups -OCH3 is 1. The number of hydrogen-bond acceptors (Lipinski definition) is 4. The van der Waals surface area contributed by atoms with Gasteiger partial charge in [-0.2, -0.15) is 0 Å². The molecule has 1 amide bonds. The maximum absolute atomic E-state index is 12.5. The molecule has 0 radical (unpaired) electrons. The van der Waals surface area contributed by atoms with E-state index < -0.39 is 0 Å². The highest BCUT2D eigenvalue weighted by Crippen LogP contribution is 2.36. The van der Waals surface area contributed by atoms with Crippen molar-refractivity contribution in [1.29, 1.82) is 0 Å². The van der Waals surface area contributed by atoms with Gasteiger partial charge in [0.05, 0.1) is 18.7 Å². The number of piperidine rings is 1. The van der Waals surface area contributed by atoms with Crippen molar-refractivity contribution in [3.63, 3.8) is 0 Å². The van der Waals surface area contributed by atoms with Crippen LogP contribution in [0.15, 0.2) is 12.1 Å². The summed E-state index contributed by atoms with van der Waals surface area (Å²) in [6, 6.07) is 3.69. The van der Waals surface area contributed by atoms with E-state index >= 15 is 0 Å². The molecule has 1 saturated heterocycles. The van der Waals surface area contributed by atoms with Crippen molar-refractivity contribution in [3.05, 3.63) is 22.7 Å². The summed E-state index contributed by atoms with van der Waals surface area (Å²) in [5, 5.41) is 6.83. The quantitative estimate of drug-likeness (QED) is 0.835. The fourth-order valence-corrected chi connectivity index (χ4v) is 2.95. The molecule has 1 aromatic carbocycles. The lowest BCUT2D eigenvalue weighted by Crippen LogP contribution is -2.51. The number of nitrogens with one attached hydrogen (secondary N) is 2. The van der Waals surface area contributed by atoms with Gasteiger partial charge < -0.3 is 20.1 Å². The summed E-state index contributed by atoms with van der Waals surface area (Å²) in [7, 11) is 1.54. The van der Waals surface area contributed by atoms with Crippen LogP contribution in [-0.4, -0.2) is 38.3 Å². The molecule has 1 fully saturated rings. The highest BCUT2D eigenvalue weighted by atomic mass is 35.5. The summed E-state index contributed by atoms with van der Waals surface area (Å²) in [6.07, 6.45) is 2.90. The molecule has 1 aliphatic heterocycles. The second-order valence-corrected chi connectivity index (χ2v) is 6.21. The standard InChI is InChI=1S/C17H25ClN2O3/c1-4-8-23-16-13(18)9-12(10-15(16)22-3)17(21)20-14-6-5-7-19-11(14)2/h9-11,14,19H,4-8H2,1-3H3,(H,20,21). The van der Waals surface area contributed by atoms with E-state index in [1.54, 1.807) is 19.2 Å². The first kappa shape index (κ1) is 17.9. The fraction of sp³-hybridized carbons (Fsp3) is 0.588. The molecule has 2 rings (SSSR count). The summed E-state index contributed by atoms with van der Waals surface area (Å²) in [6.45, 7) is 5.64. The van der Waals surface area contributed by atoms with Crippen LogP contribution in [0.5, 0.6) is 11.5 Å². The van der Waals surface area contributed by atoms with Gasteiger partial charge in [-0.3, -0.25) is 4.79 Å². The Bertz CT molecular complexity index is 551. The number of ether oxygens (including phenoxy) is 2. The van der Waals surface area contributed by atoms with Crippen molar-refractivity contribution in [1.82, 2.24) is 10.6 Å². The Morgan fingerprint density at radius 3 is 2.91 bits per heavy atom. The number of benzene rings is 1. The zero-order valence-corrected chi connectivity index (χ0v) is 14.7. The van der Waals surface area contributed by atoms with Crippen LogP contribution < -0.4 is 20.1 Å². The van der Waals surface area contributed by atoms with Crippen molar-refractivity contribution in [2.24, 2.45) is 0 Å². The van der Waals surface area contributed by atoms with E-state index in [0.29, 0.717) is 28.7 Å². The summed E-state index contributed by atoms with van der Waals surface area (Å²) in [4.78, 5) is 12.5. The Morgan fingerprint density at radius 2 is 2.26 bits per heavy atom. The summed E-state index contributed by atoms with van der Waals surface area (Å²) in [5.74, 6) is 0.818. The SMILES string of the molecule is CCCOc1c(Cl)cc(C(=O)NC2CCCNC2C)cc1OC. The lowest BCUT2D eigenvalue weighted by atomic mass is 9.99. The van der Waals surface area contributed by atoms with E-state index in [4.69, 9.17) is 21.1 Å². The number of carbonyl (C=O) groups is 1. The van der Waals surface area contributed by atoms with Gasteiger partial charge in [0, 0.05) is 17.6 Å². The van der Waals surface area contributed by atoms with E-state index in [9.17, 15) is 4.79 Å². The topological polar surface area (TPSA) is 59.6 Å². The molecule has 1 aromatic rings. The van der Waals surface area contributed by atoms with E-state index in [2.05, 4.69) is 17.6 Å². The normalized spacial score (nSPS) is 20.9. The first-order valence-corrected chi connectivity index (χ1v) is 8.49. The fourth-order valence-electron chi connectivity index (χ4n) is 2.69. The van der Waals surface area contributed by atoms with Gasteiger partial charge in [-0.05, 0) is 44.9 Å². The number of rotatable bonds is 6. The van der Waals surface area contributed by atoms with Crippen LogP contribution in [0.1, 0.15) is 43.5 Å². The maximum atomic E-state index is 12.5. The number of amides is 1. The van der Waals surface area contributed by atoms with Crippen molar-refractivity contribution >= 4 is 17.5 Å². The van der Waals surface area contributed by atoms with Crippen molar-refractivity contribution in [3.8, 4) is 11.5 Å². The molecule has 0 aliphatic carbocycles. The monoisotopic (exact) mass is 340 g/mol. The molecular formula is C17H25ClN2O3. The van der Waals surface area contributed by atoms with Crippen LogP contribution in [0, 0.1) is 0 Å². The van der Waals surface area contributed by atoms with Crippen LogP contribution in [-0.2, 0) is 0 Å². The zero-order valence-electron chi connectivity index (χ0n) is 13.9. The lowest BCUT2D eigenvalue weighted by molar-refractivity contribution is 0.0919. The molecule has 1 aliphatic rings. The summed E-state index contributed by atoms with van der Waals surface area (Å²) in [5.41, 5.74) is 0.480. The minimum atomic E-state index is -0.146. The van der Waals surface area contributed by atoms with Crippen molar-refractivity contribution in [2.45, 2.75) is 45.2 Å². The summed E-state index contributed by atoms with van der Waals surface area (Å²) >= 11 is 6.27. The van der Waals surface area contributed by atoms with Gasteiger partial charge in [0.15, 0.2) is 11.5 Å². The predicted octanol–water partition coefficient (Wildman–Crippen LogP) is 3.01. The molecule has 0 aromatic heterocycles. The zero-order chi connectivity index (χ0) is 16.8. The highest BCUT2D eigenvalue weighted by Gasteiger charge is 2.24. The van der Waals surface area contributed by atoms with E-state index in [1.165, 1.54) is 0 Å². The third kappa shape index (κ3) is 4.52. The lowest BCUT2D eigenvalue weighted by Gasteiger charge is -2.30. The van der Waals surface area contributed by atoms with Gasteiger partial charge in [-0.25, -0.2) is 0 Å². The Labute approximate surface area is 142 Å². The van der Waals surface area contributed by atoms with Crippen LogP contribution in [0.4, 0.5) is 0 Å². The average molecular weight is 341 g/mol. The molecule has 5 nitrogen and oxygen atoms in total. The van der Waals surface area contributed by atoms with Crippen LogP contribution in [0.25, 0.3) is 0 Å². The Hall–Kier alpha value is -1.46. The summed E-state index contributed by atoms with van der Waals surface area (Å²) < 4.78 is 10.9. The molecule has 2 N–H and O–H groups in total. The molecule has 1 heterocycles. The molecule has 0 bridgehead atoms. The maximum Gasteiger partial charge on any atom is 0.251 e. The van der Waals surface area contributed by atoms with E-state index in [0.717, 1.165) is 25.8 Å². The predicted molar refractivity (Wildman–Crippen MR) is 91.7 cm³/mol. The third-order valence-corrected chi connectivity index (χ3v) is 4.30. The minimum Gasteiger partial charge on any atom is -0.493 e.